The molecule has 0 fully saturated rings. The standard InChI is InChI=1S/C19H18N6O/c26-11-9-13-4-6-14(7-5-13)22-19-20-10-8-18(24-19)23-16-2-1-3-17-15(16)12-21-25-17/h1-8,10,12,26H,9,11H2,(H,21,25)(H2,20,22,23,24). The Balaban J connectivity index is 1.52. The highest BCUT2D eigenvalue weighted by Crippen LogP contribution is 2.24. The molecule has 7 heteroatoms. The first-order chi connectivity index (χ1) is 12.8. The number of hydrogen-bond acceptors (Lipinski definition) is 6. The molecule has 0 unspecified atom stereocenters. The number of hydrogen-bond donors (Lipinski definition) is 4. The lowest BCUT2D eigenvalue weighted by molar-refractivity contribution is 0.299. The summed E-state index contributed by atoms with van der Waals surface area (Å²) in [5.74, 6) is 1.19. The maximum absolute atomic E-state index is 8.98. The lowest BCUT2D eigenvalue weighted by Gasteiger charge is -2.09. The van der Waals surface area contributed by atoms with E-state index in [-0.39, 0.29) is 6.61 Å². The average molecular weight is 346 g/mol. The summed E-state index contributed by atoms with van der Waals surface area (Å²) in [6, 6.07) is 15.6. The van der Waals surface area contributed by atoms with Crippen molar-refractivity contribution in [1.29, 1.82) is 0 Å². The molecular formula is C19H18N6O. The second kappa shape index (κ2) is 7.20. The lowest BCUT2D eigenvalue weighted by Crippen LogP contribution is -2.00. The first-order valence-electron chi connectivity index (χ1n) is 8.31. The first kappa shape index (κ1) is 16.0. The van der Waals surface area contributed by atoms with Crippen molar-refractivity contribution in [3.8, 4) is 0 Å². The second-order valence-electron chi connectivity index (χ2n) is 5.82. The Hall–Kier alpha value is -3.45. The quantitative estimate of drug-likeness (QED) is 0.427. The fraction of sp³-hybridized carbons (Fsp3) is 0.105. The normalized spacial score (nSPS) is 10.8. The number of benzene rings is 2. The lowest BCUT2D eigenvalue weighted by atomic mass is 10.1. The van der Waals surface area contributed by atoms with Gasteiger partial charge in [0.2, 0.25) is 5.95 Å². The van der Waals surface area contributed by atoms with E-state index in [1.54, 1.807) is 12.4 Å². The Morgan fingerprint density at radius 3 is 2.73 bits per heavy atom. The van der Waals surface area contributed by atoms with Crippen LogP contribution in [-0.4, -0.2) is 31.9 Å². The summed E-state index contributed by atoms with van der Waals surface area (Å²) in [5, 5.41) is 23.5. The van der Waals surface area contributed by atoms with Gasteiger partial charge in [0.25, 0.3) is 0 Å². The predicted octanol–water partition coefficient (Wildman–Crippen LogP) is 3.37. The van der Waals surface area contributed by atoms with E-state index in [0.717, 1.165) is 27.8 Å². The molecule has 4 rings (SSSR count). The second-order valence-corrected chi connectivity index (χ2v) is 5.82. The molecule has 4 aromatic rings. The zero-order chi connectivity index (χ0) is 17.8. The molecule has 0 aliphatic heterocycles. The van der Waals surface area contributed by atoms with Crippen molar-refractivity contribution in [2.24, 2.45) is 0 Å². The van der Waals surface area contributed by atoms with Crippen molar-refractivity contribution in [2.75, 3.05) is 17.2 Å². The molecule has 0 radical (unpaired) electrons. The highest BCUT2D eigenvalue weighted by Gasteiger charge is 2.05. The van der Waals surface area contributed by atoms with Crippen molar-refractivity contribution in [3.63, 3.8) is 0 Å². The summed E-state index contributed by atoms with van der Waals surface area (Å²) in [7, 11) is 0. The summed E-state index contributed by atoms with van der Waals surface area (Å²) in [5.41, 5.74) is 3.86. The first-order valence-corrected chi connectivity index (χ1v) is 8.31. The molecule has 0 spiro atoms. The molecular weight excluding hydrogens is 328 g/mol. The number of nitrogens with one attached hydrogen (secondary N) is 3. The maximum Gasteiger partial charge on any atom is 0.229 e. The van der Waals surface area contributed by atoms with Crippen LogP contribution in [0.25, 0.3) is 10.9 Å². The van der Waals surface area contributed by atoms with E-state index in [2.05, 4.69) is 30.8 Å². The van der Waals surface area contributed by atoms with Crippen LogP contribution in [0, 0.1) is 0 Å². The molecule has 4 N–H and O–H groups in total. The van der Waals surface area contributed by atoms with Crippen LogP contribution in [0.2, 0.25) is 0 Å². The molecule has 0 saturated carbocycles. The topological polar surface area (TPSA) is 98.8 Å². The highest BCUT2D eigenvalue weighted by atomic mass is 16.2. The van der Waals surface area contributed by atoms with Crippen molar-refractivity contribution in [1.82, 2.24) is 20.2 Å². The number of nitrogens with zero attached hydrogens (tertiary/aromatic N) is 3. The zero-order valence-electron chi connectivity index (χ0n) is 14.0. The van der Waals surface area contributed by atoms with Gasteiger partial charge in [0.15, 0.2) is 0 Å². The van der Waals surface area contributed by atoms with Crippen molar-refractivity contribution >= 4 is 34.0 Å². The van der Waals surface area contributed by atoms with Crippen LogP contribution in [0.15, 0.2) is 60.9 Å². The van der Waals surface area contributed by atoms with Gasteiger partial charge in [-0.2, -0.15) is 10.1 Å². The molecule has 0 saturated heterocycles. The fourth-order valence-electron chi connectivity index (χ4n) is 2.72. The van der Waals surface area contributed by atoms with E-state index >= 15 is 0 Å². The molecule has 7 nitrogen and oxygen atoms in total. The molecule has 0 aliphatic carbocycles. The Morgan fingerprint density at radius 1 is 1.00 bits per heavy atom. The summed E-state index contributed by atoms with van der Waals surface area (Å²) in [4.78, 5) is 8.78. The van der Waals surface area contributed by atoms with E-state index in [1.165, 1.54) is 0 Å². The van der Waals surface area contributed by atoms with Crippen molar-refractivity contribution in [2.45, 2.75) is 6.42 Å². The van der Waals surface area contributed by atoms with Gasteiger partial charge in [0, 0.05) is 23.9 Å². The van der Waals surface area contributed by atoms with Crippen LogP contribution in [0.1, 0.15) is 5.56 Å². The van der Waals surface area contributed by atoms with Crippen LogP contribution >= 0.6 is 0 Å². The average Bonchev–Trinajstić information content (AvgIpc) is 3.14. The number of H-pyrrole nitrogens is 1. The van der Waals surface area contributed by atoms with Gasteiger partial charge >= 0.3 is 0 Å². The third-order valence-electron chi connectivity index (χ3n) is 4.01. The van der Waals surface area contributed by atoms with Gasteiger partial charge in [0.1, 0.15) is 5.82 Å². The van der Waals surface area contributed by atoms with Gasteiger partial charge in [-0.3, -0.25) is 5.10 Å². The number of fused-ring (bicyclic) bond motifs is 1. The minimum absolute atomic E-state index is 0.146. The van der Waals surface area contributed by atoms with Gasteiger partial charge in [-0.15, -0.1) is 0 Å². The van der Waals surface area contributed by atoms with Crippen LogP contribution in [0.4, 0.5) is 23.1 Å². The number of aromatic nitrogens is 4. The number of aliphatic hydroxyl groups is 1. The molecule has 0 amide bonds. The number of rotatable bonds is 6. The molecule has 2 heterocycles. The van der Waals surface area contributed by atoms with Gasteiger partial charge in [-0.25, -0.2) is 4.98 Å². The van der Waals surface area contributed by atoms with Gasteiger partial charge in [0.05, 0.1) is 17.4 Å². The fourth-order valence-corrected chi connectivity index (χ4v) is 2.72. The Kier molecular flexibility index (Phi) is 4.44. The van der Waals surface area contributed by atoms with Crippen LogP contribution in [0.3, 0.4) is 0 Å². The molecule has 2 aromatic heterocycles. The van der Waals surface area contributed by atoms with Crippen LogP contribution in [-0.2, 0) is 6.42 Å². The van der Waals surface area contributed by atoms with Gasteiger partial charge < -0.3 is 15.7 Å². The minimum atomic E-state index is 0.146. The van der Waals surface area contributed by atoms with Gasteiger partial charge in [-0.05, 0) is 42.3 Å². The summed E-state index contributed by atoms with van der Waals surface area (Å²) < 4.78 is 0. The Bertz CT molecular complexity index is 1010. The number of anilines is 4. The van der Waals surface area contributed by atoms with E-state index in [1.807, 2.05) is 48.5 Å². The van der Waals surface area contributed by atoms with Crippen molar-refractivity contribution in [3.05, 3.63) is 66.5 Å². The molecule has 0 atom stereocenters. The molecule has 0 bridgehead atoms. The smallest absolute Gasteiger partial charge is 0.229 e. The molecule has 0 aliphatic rings. The highest BCUT2D eigenvalue weighted by molar-refractivity contribution is 5.92. The van der Waals surface area contributed by atoms with E-state index in [4.69, 9.17) is 5.11 Å². The third kappa shape index (κ3) is 3.47. The summed E-state index contributed by atoms with van der Waals surface area (Å²) >= 11 is 0. The SMILES string of the molecule is OCCc1ccc(Nc2nccc(Nc3cccc4[nH]ncc34)n2)cc1. The van der Waals surface area contributed by atoms with Gasteiger partial charge in [-0.1, -0.05) is 18.2 Å². The Labute approximate surface area is 150 Å². The minimum Gasteiger partial charge on any atom is -0.396 e. The molecule has 2 aromatic carbocycles. The van der Waals surface area contributed by atoms with Crippen molar-refractivity contribution < 1.29 is 5.11 Å². The van der Waals surface area contributed by atoms with Crippen LogP contribution in [0.5, 0.6) is 0 Å². The zero-order valence-corrected chi connectivity index (χ0v) is 14.0. The third-order valence-corrected chi connectivity index (χ3v) is 4.01. The molecule has 130 valence electrons. The van der Waals surface area contributed by atoms with E-state index in [0.29, 0.717) is 18.2 Å². The van der Waals surface area contributed by atoms with Crippen LogP contribution < -0.4 is 10.6 Å². The van der Waals surface area contributed by atoms with E-state index in [9.17, 15) is 0 Å². The number of aromatic amines is 1. The summed E-state index contributed by atoms with van der Waals surface area (Å²) in [6.07, 6.45) is 4.13. The Morgan fingerprint density at radius 2 is 1.88 bits per heavy atom. The number of aliphatic hydroxyl groups excluding tert-OH is 1. The molecule has 26 heavy (non-hydrogen) atoms. The largest absolute Gasteiger partial charge is 0.396 e. The summed E-state index contributed by atoms with van der Waals surface area (Å²) in [6.45, 7) is 0.146. The van der Waals surface area contributed by atoms with E-state index < -0.39 is 0 Å². The predicted molar refractivity (Wildman–Crippen MR) is 102 cm³/mol. The maximum atomic E-state index is 8.98. The monoisotopic (exact) mass is 346 g/mol.